The van der Waals surface area contributed by atoms with E-state index in [1.807, 2.05) is 0 Å². The summed E-state index contributed by atoms with van der Waals surface area (Å²) in [7, 11) is -3.27. The zero-order valence-corrected chi connectivity index (χ0v) is 12.2. The lowest BCUT2D eigenvalue weighted by Gasteiger charge is -2.06. The highest BCUT2D eigenvalue weighted by atomic mass is 32.2. The van der Waals surface area contributed by atoms with Crippen LogP contribution in [0.5, 0.6) is 0 Å². The Labute approximate surface area is 119 Å². The zero-order valence-electron chi connectivity index (χ0n) is 11.4. The van der Waals surface area contributed by atoms with E-state index in [-0.39, 0.29) is 5.91 Å². The maximum absolute atomic E-state index is 11.9. The lowest BCUT2D eigenvalue weighted by Crippen LogP contribution is -2.23. The number of sulfonamides is 1. The number of rotatable bonds is 6. The summed E-state index contributed by atoms with van der Waals surface area (Å²) in [4.78, 5) is 11.5. The largest absolute Gasteiger partial charge is 0.352 e. The number of amides is 1. The molecule has 1 aliphatic rings. The van der Waals surface area contributed by atoms with Crippen molar-refractivity contribution in [1.29, 1.82) is 0 Å². The summed E-state index contributed by atoms with van der Waals surface area (Å²) in [5, 5.41) is 2.75. The Morgan fingerprint density at radius 1 is 1.30 bits per heavy atom. The van der Waals surface area contributed by atoms with Gasteiger partial charge in [-0.2, -0.15) is 4.31 Å². The second-order valence-corrected chi connectivity index (χ2v) is 6.53. The highest BCUT2D eigenvalue weighted by molar-refractivity contribution is 7.89. The normalized spacial score (nSPS) is 15.4. The van der Waals surface area contributed by atoms with Crippen LogP contribution >= 0.6 is 0 Å². The molecule has 1 aromatic carbocycles. The Kier molecular flexibility index (Phi) is 4.57. The van der Waals surface area contributed by atoms with Crippen molar-refractivity contribution < 1.29 is 13.2 Å². The van der Waals surface area contributed by atoms with E-state index < -0.39 is 10.0 Å². The second-order valence-electron chi connectivity index (χ2n) is 4.59. The number of nitrogens with one attached hydrogen (secondary N) is 1. The second kappa shape index (κ2) is 6.19. The Morgan fingerprint density at radius 2 is 1.95 bits per heavy atom. The topological polar surface area (TPSA) is 66.2 Å². The maximum Gasteiger partial charge on any atom is 0.243 e. The van der Waals surface area contributed by atoms with Crippen LogP contribution in [0.2, 0.25) is 0 Å². The third-order valence-corrected chi connectivity index (χ3v) is 4.91. The number of carbonyl (C=O) groups is 1. The van der Waals surface area contributed by atoms with Crippen LogP contribution in [0.4, 0.5) is 0 Å². The number of carbonyl (C=O) groups excluding carboxylic acids is 1. The molecule has 1 aromatic rings. The van der Waals surface area contributed by atoms with Crippen LogP contribution in [0.15, 0.2) is 41.3 Å². The minimum Gasteiger partial charge on any atom is -0.352 e. The van der Waals surface area contributed by atoms with Gasteiger partial charge in [-0.25, -0.2) is 8.42 Å². The predicted octanol–water partition coefficient (Wildman–Crippen LogP) is 0.926. The van der Waals surface area contributed by atoms with Crippen LogP contribution in [0, 0.1) is 0 Å². The molecule has 0 saturated carbocycles. The molecule has 1 aliphatic heterocycles. The number of allylic oxidation sites excluding steroid dienone is 1. The number of benzene rings is 1. The van der Waals surface area contributed by atoms with Crippen LogP contribution in [-0.4, -0.2) is 38.3 Å². The monoisotopic (exact) mass is 294 g/mol. The van der Waals surface area contributed by atoms with Gasteiger partial charge in [-0.1, -0.05) is 18.2 Å². The maximum atomic E-state index is 11.9. The van der Waals surface area contributed by atoms with Crippen molar-refractivity contribution in [1.82, 2.24) is 9.62 Å². The highest BCUT2D eigenvalue weighted by Gasteiger charge is 2.32. The quantitative estimate of drug-likeness (QED) is 0.627. The molecule has 1 heterocycles. The summed E-state index contributed by atoms with van der Waals surface area (Å²) in [6, 6.07) is 6.82. The Bertz CT molecular complexity index is 602. The molecule has 0 aliphatic carbocycles. The molecular formula is C14H18N2O3S. The van der Waals surface area contributed by atoms with Crippen LogP contribution < -0.4 is 5.32 Å². The van der Waals surface area contributed by atoms with Crippen molar-refractivity contribution in [3.8, 4) is 0 Å². The first kappa shape index (κ1) is 14.7. The molecule has 0 atom stereocenters. The van der Waals surface area contributed by atoms with E-state index in [0.717, 1.165) is 5.56 Å². The first-order valence-electron chi connectivity index (χ1n) is 6.53. The average molecular weight is 294 g/mol. The van der Waals surface area contributed by atoms with Gasteiger partial charge in [0.1, 0.15) is 0 Å². The van der Waals surface area contributed by atoms with Gasteiger partial charge in [0, 0.05) is 19.6 Å². The van der Waals surface area contributed by atoms with Crippen LogP contribution in [-0.2, 0) is 21.2 Å². The van der Waals surface area contributed by atoms with Crippen LogP contribution in [0.3, 0.4) is 0 Å². The number of hydrogen-bond acceptors (Lipinski definition) is 3. The number of hydrogen-bond donors (Lipinski definition) is 1. The van der Waals surface area contributed by atoms with Crippen LogP contribution in [0.1, 0.15) is 12.5 Å². The molecule has 1 fully saturated rings. The Morgan fingerprint density at radius 3 is 2.50 bits per heavy atom. The van der Waals surface area contributed by atoms with Gasteiger partial charge in [0.15, 0.2) is 0 Å². The van der Waals surface area contributed by atoms with Crippen molar-refractivity contribution in [3.05, 3.63) is 42.0 Å². The zero-order chi connectivity index (χ0) is 14.6. The van der Waals surface area contributed by atoms with Crippen molar-refractivity contribution in [2.45, 2.75) is 18.2 Å². The molecule has 6 heteroatoms. The summed E-state index contributed by atoms with van der Waals surface area (Å²) in [5.41, 5.74) is 0.996. The summed E-state index contributed by atoms with van der Waals surface area (Å²) in [6.45, 7) is 3.54. The molecule has 5 nitrogen and oxygen atoms in total. The van der Waals surface area contributed by atoms with E-state index in [1.165, 1.54) is 10.4 Å². The lowest BCUT2D eigenvalue weighted by molar-refractivity contribution is -0.116. The third kappa shape index (κ3) is 3.68. The molecule has 0 unspecified atom stereocenters. The molecule has 0 radical (unpaired) electrons. The van der Waals surface area contributed by atoms with Gasteiger partial charge in [0.2, 0.25) is 15.9 Å². The van der Waals surface area contributed by atoms with Gasteiger partial charge >= 0.3 is 0 Å². The smallest absolute Gasteiger partial charge is 0.243 e. The van der Waals surface area contributed by atoms with Gasteiger partial charge in [0.05, 0.1) is 4.90 Å². The van der Waals surface area contributed by atoms with Crippen molar-refractivity contribution in [2.24, 2.45) is 0 Å². The van der Waals surface area contributed by atoms with Crippen LogP contribution in [0.25, 0.3) is 0 Å². The minimum absolute atomic E-state index is 0.117. The highest BCUT2D eigenvalue weighted by Crippen LogP contribution is 2.21. The first-order chi connectivity index (χ1) is 9.54. The molecular weight excluding hydrogens is 276 g/mol. The molecule has 0 aromatic heterocycles. The Balaban J connectivity index is 1.90. The summed E-state index contributed by atoms with van der Waals surface area (Å²) >= 11 is 0. The van der Waals surface area contributed by atoms with Gasteiger partial charge in [0.25, 0.3) is 0 Å². The fourth-order valence-electron chi connectivity index (χ4n) is 1.80. The summed E-state index contributed by atoms with van der Waals surface area (Å²) in [6.07, 6.45) is 3.83. The number of nitrogens with zero attached hydrogens (tertiary/aromatic N) is 1. The molecule has 1 N–H and O–H groups in total. The third-order valence-electron chi connectivity index (χ3n) is 3.00. The lowest BCUT2D eigenvalue weighted by atomic mass is 10.1. The molecule has 0 spiro atoms. The van der Waals surface area contributed by atoms with Gasteiger partial charge in [-0.3, -0.25) is 4.79 Å². The van der Waals surface area contributed by atoms with E-state index in [1.54, 1.807) is 37.3 Å². The molecule has 1 amide bonds. The van der Waals surface area contributed by atoms with Crippen molar-refractivity contribution in [2.75, 3.05) is 19.6 Å². The summed E-state index contributed by atoms with van der Waals surface area (Å²) < 4.78 is 25.3. The molecule has 2 rings (SSSR count). The molecule has 1 saturated heterocycles. The van der Waals surface area contributed by atoms with E-state index in [4.69, 9.17) is 0 Å². The van der Waals surface area contributed by atoms with Crippen molar-refractivity contribution in [3.63, 3.8) is 0 Å². The van der Waals surface area contributed by atoms with E-state index >= 15 is 0 Å². The van der Waals surface area contributed by atoms with E-state index in [2.05, 4.69) is 5.32 Å². The molecule has 108 valence electrons. The van der Waals surface area contributed by atoms with Gasteiger partial charge in [-0.05, 0) is 37.1 Å². The first-order valence-corrected chi connectivity index (χ1v) is 7.97. The van der Waals surface area contributed by atoms with Crippen molar-refractivity contribution >= 4 is 15.9 Å². The fraction of sp³-hybridized carbons (Fsp3) is 0.357. The van der Waals surface area contributed by atoms with Gasteiger partial charge in [-0.15, -0.1) is 0 Å². The standard InChI is InChI=1S/C14H18N2O3S/c1-2-3-14(17)15-9-8-12-4-6-13(7-5-12)20(18,19)16-10-11-16/h2-7H,8-11H2,1H3,(H,15,17). The SMILES string of the molecule is CC=CC(=O)NCCc1ccc(S(=O)(=O)N2CC2)cc1. The molecule has 0 bridgehead atoms. The Hall–Kier alpha value is -1.66. The van der Waals surface area contributed by atoms with E-state index in [9.17, 15) is 13.2 Å². The fourth-order valence-corrected chi connectivity index (χ4v) is 3.14. The van der Waals surface area contributed by atoms with E-state index in [0.29, 0.717) is 31.0 Å². The van der Waals surface area contributed by atoms with Gasteiger partial charge < -0.3 is 5.32 Å². The summed E-state index contributed by atoms with van der Waals surface area (Å²) in [5.74, 6) is -0.117. The molecule has 20 heavy (non-hydrogen) atoms. The average Bonchev–Trinajstić information content (AvgIpc) is 3.24. The predicted molar refractivity (Wildman–Crippen MR) is 76.7 cm³/mol. The minimum atomic E-state index is -3.27.